The van der Waals surface area contributed by atoms with Gasteiger partial charge in [-0.1, -0.05) is 26.0 Å². The van der Waals surface area contributed by atoms with E-state index in [1.54, 1.807) is 12.1 Å². The summed E-state index contributed by atoms with van der Waals surface area (Å²) in [6, 6.07) is 7.06. The molecule has 0 saturated carbocycles. The van der Waals surface area contributed by atoms with Crippen LogP contribution in [0.15, 0.2) is 24.3 Å². The Morgan fingerprint density at radius 1 is 1.13 bits per heavy atom. The van der Waals surface area contributed by atoms with Crippen molar-refractivity contribution >= 4 is 23.6 Å². The molecule has 0 aromatic heterocycles. The van der Waals surface area contributed by atoms with Crippen molar-refractivity contribution in [1.82, 2.24) is 0 Å². The first-order valence-electron chi connectivity index (χ1n) is 4.38. The van der Waals surface area contributed by atoms with Crippen LogP contribution in [-0.2, 0) is 10.1 Å². The molecular formula is C10H16O3S2. The normalized spacial score (nSPS) is 10.9. The van der Waals surface area contributed by atoms with E-state index in [2.05, 4.69) is 13.8 Å². The molecule has 3 nitrogen and oxygen atoms in total. The summed E-state index contributed by atoms with van der Waals surface area (Å²) in [6.45, 7) is 4.15. The molecule has 0 N–H and O–H groups in total. The summed E-state index contributed by atoms with van der Waals surface area (Å²) in [7, 11) is -3.41. The van der Waals surface area contributed by atoms with Crippen LogP contribution in [0.3, 0.4) is 0 Å². The molecule has 0 fully saturated rings. The summed E-state index contributed by atoms with van der Waals surface area (Å²) in [5, 5.41) is 0. The number of benzene rings is 1. The Morgan fingerprint density at radius 3 is 1.93 bits per heavy atom. The minimum absolute atomic E-state index is 0. The fourth-order valence-corrected chi connectivity index (χ4v) is 1.54. The highest BCUT2D eigenvalue weighted by atomic mass is 32.2. The molecule has 0 spiro atoms. The summed E-state index contributed by atoms with van der Waals surface area (Å²) < 4.78 is 26.3. The van der Waals surface area contributed by atoms with Crippen molar-refractivity contribution in [2.75, 3.05) is 6.26 Å². The second-order valence-corrected chi connectivity index (χ2v) is 5.09. The van der Waals surface area contributed by atoms with E-state index in [1.165, 1.54) is 0 Å². The highest BCUT2D eigenvalue weighted by Gasteiger charge is 2.04. The van der Waals surface area contributed by atoms with Gasteiger partial charge in [0.2, 0.25) is 0 Å². The van der Waals surface area contributed by atoms with Crippen LogP contribution in [0.4, 0.5) is 0 Å². The van der Waals surface area contributed by atoms with E-state index < -0.39 is 10.1 Å². The van der Waals surface area contributed by atoms with Crippen molar-refractivity contribution in [2.24, 2.45) is 0 Å². The third-order valence-electron chi connectivity index (χ3n) is 1.79. The zero-order valence-electron chi connectivity index (χ0n) is 9.02. The smallest absolute Gasteiger partial charge is 0.306 e. The van der Waals surface area contributed by atoms with E-state index in [0.29, 0.717) is 11.7 Å². The topological polar surface area (TPSA) is 43.4 Å². The van der Waals surface area contributed by atoms with Gasteiger partial charge < -0.3 is 4.18 Å². The highest BCUT2D eigenvalue weighted by molar-refractivity contribution is 7.86. The van der Waals surface area contributed by atoms with E-state index in [1.807, 2.05) is 12.1 Å². The average Bonchev–Trinajstić information content (AvgIpc) is 2.02. The first kappa shape index (κ1) is 14.3. The lowest BCUT2D eigenvalue weighted by atomic mass is 10.0. The van der Waals surface area contributed by atoms with Crippen LogP contribution < -0.4 is 4.18 Å². The summed E-state index contributed by atoms with van der Waals surface area (Å²) in [5.41, 5.74) is 1.16. The summed E-state index contributed by atoms with van der Waals surface area (Å²) in [4.78, 5) is 0. The second-order valence-electron chi connectivity index (χ2n) is 3.51. The predicted octanol–water partition coefficient (Wildman–Crippen LogP) is 2.26. The Hall–Kier alpha value is -0.680. The van der Waals surface area contributed by atoms with Crippen LogP contribution >= 0.6 is 13.5 Å². The third-order valence-corrected chi connectivity index (χ3v) is 2.29. The van der Waals surface area contributed by atoms with Gasteiger partial charge in [-0.25, -0.2) is 0 Å². The first-order valence-corrected chi connectivity index (χ1v) is 6.19. The van der Waals surface area contributed by atoms with E-state index >= 15 is 0 Å². The molecular weight excluding hydrogens is 232 g/mol. The van der Waals surface area contributed by atoms with E-state index in [9.17, 15) is 8.42 Å². The van der Waals surface area contributed by atoms with Gasteiger partial charge in [-0.15, -0.1) is 0 Å². The van der Waals surface area contributed by atoms with Gasteiger partial charge >= 0.3 is 10.1 Å². The van der Waals surface area contributed by atoms with Crippen LogP contribution in [0.1, 0.15) is 25.3 Å². The standard InChI is InChI=1S/C10H14O3S.H2S/c1-8(2)9-4-6-10(7-5-9)13-14(3,11)12;/h4-8H,1-3H3;1H2. The second kappa shape index (κ2) is 5.42. The van der Waals surface area contributed by atoms with Gasteiger partial charge in [0.15, 0.2) is 0 Å². The highest BCUT2D eigenvalue weighted by Crippen LogP contribution is 2.19. The lowest BCUT2D eigenvalue weighted by Crippen LogP contribution is -2.05. The molecule has 0 heterocycles. The van der Waals surface area contributed by atoms with Gasteiger partial charge in [0.05, 0.1) is 6.26 Å². The minimum Gasteiger partial charge on any atom is -0.383 e. The fraction of sp³-hybridized carbons (Fsp3) is 0.400. The molecule has 1 aromatic carbocycles. The van der Waals surface area contributed by atoms with Crippen molar-refractivity contribution in [2.45, 2.75) is 19.8 Å². The Bertz CT molecular complexity index is 393. The van der Waals surface area contributed by atoms with Gasteiger partial charge in [-0.2, -0.15) is 21.9 Å². The van der Waals surface area contributed by atoms with E-state index in [0.717, 1.165) is 11.8 Å². The van der Waals surface area contributed by atoms with Gasteiger partial charge in [0.25, 0.3) is 0 Å². The Kier molecular flexibility index (Phi) is 5.17. The molecule has 0 aliphatic carbocycles. The largest absolute Gasteiger partial charge is 0.383 e. The van der Waals surface area contributed by atoms with Crippen LogP contribution in [0, 0.1) is 0 Å². The SMILES string of the molecule is CC(C)c1ccc(OS(C)(=O)=O)cc1.S. The maximum absolute atomic E-state index is 10.8. The average molecular weight is 248 g/mol. The quantitative estimate of drug-likeness (QED) is 0.771. The zero-order chi connectivity index (χ0) is 10.8. The van der Waals surface area contributed by atoms with Crippen LogP contribution in [0.25, 0.3) is 0 Å². The van der Waals surface area contributed by atoms with Crippen molar-refractivity contribution in [3.63, 3.8) is 0 Å². The van der Waals surface area contributed by atoms with Crippen molar-refractivity contribution in [3.05, 3.63) is 29.8 Å². The van der Waals surface area contributed by atoms with Gasteiger partial charge in [0.1, 0.15) is 5.75 Å². The molecule has 5 heteroatoms. The number of hydrogen-bond acceptors (Lipinski definition) is 3. The molecule has 0 aliphatic heterocycles. The molecule has 0 saturated heterocycles. The summed E-state index contributed by atoms with van der Waals surface area (Å²) in [6.07, 6.45) is 1.03. The van der Waals surface area contributed by atoms with E-state index in [4.69, 9.17) is 4.18 Å². The molecule has 0 radical (unpaired) electrons. The Labute approximate surface area is 98.0 Å². The summed E-state index contributed by atoms with van der Waals surface area (Å²) >= 11 is 0. The van der Waals surface area contributed by atoms with Crippen LogP contribution in [0.5, 0.6) is 5.75 Å². The molecule has 0 bridgehead atoms. The fourth-order valence-electron chi connectivity index (χ4n) is 1.08. The lowest BCUT2D eigenvalue weighted by Gasteiger charge is -2.06. The molecule has 1 rings (SSSR count). The monoisotopic (exact) mass is 248 g/mol. The molecule has 0 unspecified atom stereocenters. The Morgan fingerprint density at radius 2 is 1.60 bits per heavy atom. The molecule has 1 aromatic rings. The van der Waals surface area contributed by atoms with Crippen molar-refractivity contribution in [3.8, 4) is 5.75 Å². The van der Waals surface area contributed by atoms with Crippen LogP contribution in [-0.4, -0.2) is 14.7 Å². The van der Waals surface area contributed by atoms with Crippen LogP contribution in [0.2, 0.25) is 0 Å². The summed E-state index contributed by atoms with van der Waals surface area (Å²) in [5.74, 6) is 0.791. The molecule has 0 aliphatic rings. The maximum atomic E-state index is 10.8. The molecule has 86 valence electrons. The van der Waals surface area contributed by atoms with Gasteiger partial charge in [-0.3, -0.25) is 0 Å². The van der Waals surface area contributed by atoms with Gasteiger partial charge in [0, 0.05) is 0 Å². The zero-order valence-corrected chi connectivity index (χ0v) is 10.8. The number of rotatable bonds is 3. The third kappa shape index (κ3) is 5.09. The molecule has 0 atom stereocenters. The Balaban J connectivity index is 0.00000196. The predicted molar refractivity (Wildman–Crippen MR) is 66.4 cm³/mol. The van der Waals surface area contributed by atoms with Crippen molar-refractivity contribution in [1.29, 1.82) is 0 Å². The molecule has 0 amide bonds. The maximum Gasteiger partial charge on any atom is 0.306 e. The van der Waals surface area contributed by atoms with Gasteiger partial charge in [-0.05, 0) is 23.6 Å². The minimum atomic E-state index is -3.41. The van der Waals surface area contributed by atoms with Crippen molar-refractivity contribution < 1.29 is 12.6 Å². The number of hydrogen-bond donors (Lipinski definition) is 0. The van der Waals surface area contributed by atoms with E-state index in [-0.39, 0.29) is 13.5 Å². The molecule has 15 heavy (non-hydrogen) atoms. The first-order chi connectivity index (χ1) is 6.38. The lowest BCUT2D eigenvalue weighted by molar-refractivity contribution is 0.493.